The van der Waals surface area contributed by atoms with Gasteiger partial charge in [0.2, 0.25) is 5.91 Å². The second kappa shape index (κ2) is 8.69. The predicted molar refractivity (Wildman–Crippen MR) is 133 cm³/mol. The molecule has 0 aliphatic carbocycles. The van der Waals surface area contributed by atoms with Gasteiger partial charge in [-0.15, -0.1) is 0 Å². The number of amides is 2. The molecule has 37 heavy (non-hydrogen) atoms. The zero-order valence-corrected chi connectivity index (χ0v) is 21.7. The molecular formula is C24H20Cl3F2N3O5. The molecule has 1 unspecified atom stereocenters. The van der Waals surface area contributed by atoms with Gasteiger partial charge in [-0.3, -0.25) is 19.3 Å². The fourth-order valence-corrected chi connectivity index (χ4v) is 6.75. The van der Waals surface area contributed by atoms with Crippen LogP contribution in [0.25, 0.3) is 0 Å². The summed E-state index contributed by atoms with van der Waals surface area (Å²) in [5.74, 6) is -9.30. The van der Waals surface area contributed by atoms with E-state index in [9.17, 15) is 28.3 Å². The van der Waals surface area contributed by atoms with E-state index in [1.165, 1.54) is 44.5 Å². The lowest BCUT2D eigenvalue weighted by molar-refractivity contribution is -0.153. The van der Waals surface area contributed by atoms with Crippen molar-refractivity contribution in [3.8, 4) is 5.75 Å². The summed E-state index contributed by atoms with van der Waals surface area (Å²) < 4.78 is 34.9. The molecule has 196 valence electrons. The van der Waals surface area contributed by atoms with Crippen LogP contribution in [0.4, 0.5) is 20.2 Å². The molecule has 2 fully saturated rings. The highest BCUT2D eigenvalue weighted by molar-refractivity contribution is 6.38. The molecule has 0 bridgehead atoms. The summed E-state index contributed by atoms with van der Waals surface area (Å²) >= 11 is 18.6. The lowest BCUT2D eigenvalue weighted by atomic mass is 9.73. The molecule has 3 aliphatic heterocycles. The Morgan fingerprint density at radius 2 is 1.84 bits per heavy atom. The van der Waals surface area contributed by atoms with Crippen molar-refractivity contribution in [2.24, 2.45) is 11.8 Å². The van der Waals surface area contributed by atoms with E-state index >= 15 is 0 Å². The summed E-state index contributed by atoms with van der Waals surface area (Å²) in [5.41, 5.74) is -1.74. The number of nitrogens with zero attached hydrogens (tertiary/aromatic N) is 2. The maximum absolute atomic E-state index is 14.9. The van der Waals surface area contributed by atoms with Gasteiger partial charge in [-0.25, -0.2) is 8.78 Å². The van der Waals surface area contributed by atoms with Gasteiger partial charge in [-0.05, 0) is 24.3 Å². The van der Waals surface area contributed by atoms with E-state index in [-0.39, 0.29) is 32.0 Å². The second-order valence-corrected chi connectivity index (χ2v) is 10.7. The van der Waals surface area contributed by atoms with E-state index in [4.69, 9.17) is 39.5 Å². The van der Waals surface area contributed by atoms with E-state index in [0.717, 1.165) is 9.80 Å². The smallest absolute Gasteiger partial charge is 0.310 e. The van der Waals surface area contributed by atoms with Crippen molar-refractivity contribution in [2.45, 2.75) is 23.9 Å². The minimum atomic E-state index is -3.27. The Labute approximate surface area is 225 Å². The number of fused-ring (bicyclic) bond motifs is 4. The highest BCUT2D eigenvalue weighted by Crippen LogP contribution is 2.61. The maximum Gasteiger partial charge on any atom is 0.310 e. The Hall–Kier alpha value is -2.66. The van der Waals surface area contributed by atoms with Crippen LogP contribution in [0.2, 0.25) is 15.1 Å². The van der Waals surface area contributed by atoms with Gasteiger partial charge in [-0.2, -0.15) is 0 Å². The molecule has 2 aromatic carbocycles. The number of methoxy groups -OCH3 is 1. The van der Waals surface area contributed by atoms with Gasteiger partial charge < -0.3 is 20.1 Å². The number of ether oxygens (including phenoxy) is 1. The van der Waals surface area contributed by atoms with Crippen LogP contribution in [0.3, 0.4) is 0 Å². The average Bonchev–Trinajstić information content (AvgIpc) is 3.38. The Kier molecular flexibility index (Phi) is 6.10. The van der Waals surface area contributed by atoms with Gasteiger partial charge in [0.25, 0.3) is 11.8 Å². The molecule has 0 saturated carbocycles. The van der Waals surface area contributed by atoms with E-state index < -0.39 is 60.1 Å². The third-order valence-corrected chi connectivity index (χ3v) is 8.13. The van der Waals surface area contributed by atoms with Crippen LogP contribution in [0.15, 0.2) is 30.3 Å². The van der Waals surface area contributed by atoms with Gasteiger partial charge in [0.05, 0.1) is 30.3 Å². The lowest BCUT2D eigenvalue weighted by Gasteiger charge is -2.36. The van der Waals surface area contributed by atoms with Crippen LogP contribution < -0.4 is 15.0 Å². The van der Waals surface area contributed by atoms with Crippen molar-refractivity contribution in [1.29, 1.82) is 0 Å². The van der Waals surface area contributed by atoms with Crippen molar-refractivity contribution in [1.82, 2.24) is 4.90 Å². The summed E-state index contributed by atoms with van der Waals surface area (Å²) in [4.78, 5) is 42.7. The first-order valence-electron chi connectivity index (χ1n) is 11.1. The molecule has 1 spiro atoms. The second-order valence-electron chi connectivity index (χ2n) is 9.37. The highest BCUT2D eigenvalue weighted by Gasteiger charge is 2.74. The zero-order valence-electron chi connectivity index (χ0n) is 19.4. The van der Waals surface area contributed by atoms with E-state index in [0.29, 0.717) is 5.75 Å². The number of aliphatic carboxylic acids is 1. The first-order valence-corrected chi connectivity index (χ1v) is 12.3. The molecule has 2 aromatic rings. The fourth-order valence-electron chi connectivity index (χ4n) is 5.99. The number of carboxylic acids is 1. The lowest BCUT2D eigenvalue weighted by Crippen LogP contribution is -2.54. The molecule has 0 aromatic heterocycles. The van der Waals surface area contributed by atoms with Crippen molar-refractivity contribution < 1.29 is 33.0 Å². The minimum Gasteiger partial charge on any atom is -0.497 e. The zero-order chi connectivity index (χ0) is 27.0. The molecule has 2 N–H and O–H groups in total. The minimum absolute atomic E-state index is 0.0253. The van der Waals surface area contributed by atoms with Gasteiger partial charge in [0.1, 0.15) is 17.2 Å². The summed E-state index contributed by atoms with van der Waals surface area (Å²) in [6.45, 7) is -0.920. The number of carboxylic acid groups (broad SMARTS) is 1. The molecule has 2 saturated heterocycles. The van der Waals surface area contributed by atoms with Gasteiger partial charge >= 0.3 is 5.97 Å². The Bertz CT molecular complexity index is 1360. The van der Waals surface area contributed by atoms with Crippen LogP contribution in [0, 0.1) is 11.8 Å². The third-order valence-electron chi connectivity index (χ3n) is 7.40. The van der Waals surface area contributed by atoms with Crippen LogP contribution >= 0.6 is 34.8 Å². The maximum atomic E-state index is 14.9. The number of rotatable bonds is 4. The molecule has 3 heterocycles. The number of alkyl halides is 2. The molecule has 2 amide bonds. The van der Waals surface area contributed by atoms with E-state index in [1.54, 1.807) is 0 Å². The van der Waals surface area contributed by atoms with Crippen LogP contribution in [-0.4, -0.2) is 60.5 Å². The normalized spacial score (nSPS) is 27.6. The summed E-state index contributed by atoms with van der Waals surface area (Å²) in [7, 11) is 2.79. The van der Waals surface area contributed by atoms with E-state index in [2.05, 4.69) is 5.32 Å². The summed E-state index contributed by atoms with van der Waals surface area (Å²) in [6, 6.07) is 5.90. The number of nitrogens with one attached hydrogen (secondary N) is 1. The van der Waals surface area contributed by atoms with Gasteiger partial charge in [0, 0.05) is 46.9 Å². The van der Waals surface area contributed by atoms with Crippen LogP contribution in [0.5, 0.6) is 5.75 Å². The van der Waals surface area contributed by atoms with Crippen molar-refractivity contribution in [3.63, 3.8) is 0 Å². The van der Waals surface area contributed by atoms with Gasteiger partial charge in [-0.1, -0.05) is 34.8 Å². The van der Waals surface area contributed by atoms with Crippen molar-refractivity contribution in [3.05, 3.63) is 51.0 Å². The predicted octanol–water partition coefficient (Wildman–Crippen LogP) is 4.51. The van der Waals surface area contributed by atoms with Gasteiger partial charge in [0.15, 0.2) is 0 Å². The highest BCUT2D eigenvalue weighted by atomic mass is 35.5. The van der Waals surface area contributed by atoms with Crippen LogP contribution in [-0.2, 0) is 19.9 Å². The number of carbonyl (C=O) groups excluding carboxylic acids is 2. The first-order chi connectivity index (χ1) is 17.3. The monoisotopic (exact) mass is 573 g/mol. The molecular weight excluding hydrogens is 555 g/mol. The SMILES string of the molecule is COc1cc(Cl)cc(N(C)C(=O)[C@H]2[C@H]3CC(F)(F)CN3C3(C(=O)Nc4c(Cl)cc(Cl)cc43)[C@H]2C(=O)O)c1. The standard InChI is InChI=1S/C24H20Cl3F2N3O5/c1-31(12-3-10(25)4-13(7-12)37-2)20(33)17-16-8-23(28,29)9-32(16)24(18(17)21(34)35)14-5-11(26)6-15(27)19(14)30-22(24)36/h3-7,16-18H,8-9H2,1-2H3,(H,30,36)(H,34,35)/t16-,17+,18-,24?/m1/s1. The largest absolute Gasteiger partial charge is 0.497 e. The Morgan fingerprint density at radius 3 is 2.49 bits per heavy atom. The number of carbonyl (C=O) groups is 3. The van der Waals surface area contributed by atoms with E-state index in [1.807, 2.05) is 0 Å². The quantitative estimate of drug-likeness (QED) is 0.558. The number of hydrogen-bond donors (Lipinski definition) is 2. The molecule has 13 heteroatoms. The molecule has 5 rings (SSSR count). The number of hydrogen-bond acceptors (Lipinski definition) is 5. The van der Waals surface area contributed by atoms with Crippen molar-refractivity contribution >= 4 is 64.0 Å². The molecule has 8 nitrogen and oxygen atoms in total. The van der Waals surface area contributed by atoms with Crippen molar-refractivity contribution in [2.75, 3.05) is 30.9 Å². The molecule has 3 aliphatic rings. The number of halogens is 5. The molecule has 4 atom stereocenters. The third kappa shape index (κ3) is 3.76. The van der Waals surface area contributed by atoms with Crippen LogP contribution in [0.1, 0.15) is 12.0 Å². The summed E-state index contributed by atoms with van der Waals surface area (Å²) in [6.07, 6.45) is -0.807. The topological polar surface area (TPSA) is 99.2 Å². The average molecular weight is 575 g/mol. The Balaban J connectivity index is 1.70. The fraction of sp³-hybridized carbons (Fsp3) is 0.375. The summed E-state index contributed by atoms with van der Waals surface area (Å²) in [5, 5.41) is 13.3. The first kappa shape index (κ1) is 26.0. The Morgan fingerprint density at radius 1 is 1.16 bits per heavy atom. The molecule has 0 radical (unpaired) electrons. The number of benzene rings is 2. The number of anilines is 2.